The fourth-order valence-electron chi connectivity index (χ4n) is 3.44. The number of carbonyl (C=O) groups excluding carboxylic acids is 1. The molecule has 34 heavy (non-hydrogen) atoms. The lowest BCUT2D eigenvalue weighted by Crippen LogP contribution is -2.13. The number of rotatable bonds is 6. The highest BCUT2D eigenvalue weighted by Crippen LogP contribution is 2.35. The van der Waals surface area contributed by atoms with Crippen molar-refractivity contribution in [3.8, 4) is 11.8 Å². The van der Waals surface area contributed by atoms with Crippen molar-refractivity contribution in [2.45, 2.75) is 13.5 Å². The molecular formula is C28H20Cl2N2O2. The van der Waals surface area contributed by atoms with Gasteiger partial charge in [-0.25, -0.2) is 0 Å². The highest BCUT2D eigenvalue weighted by atomic mass is 35.5. The topological polar surface area (TPSA) is 62.1 Å². The van der Waals surface area contributed by atoms with Crippen LogP contribution in [-0.4, -0.2) is 5.91 Å². The minimum atomic E-state index is -0.518. The normalized spacial score (nSPS) is 11.2. The van der Waals surface area contributed by atoms with Crippen LogP contribution in [0.2, 0.25) is 10.0 Å². The average Bonchev–Trinajstić information content (AvgIpc) is 2.83. The Morgan fingerprint density at radius 3 is 2.32 bits per heavy atom. The number of anilines is 1. The molecule has 0 spiro atoms. The zero-order valence-electron chi connectivity index (χ0n) is 18.3. The molecule has 4 aromatic carbocycles. The predicted octanol–water partition coefficient (Wildman–Crippen LogP) is 7.58. The number of nitriles is 1. The predicted molar refractivity (Wildman–Crippen MR) is 138 cm³/mol. The summed E-state index contributed by atoms with van der Waals surface area (Å²) in [5.41, 5.74) is 3.10. The molecule has 0 aliphatic carbocycles. The number of nitrogens with one attached hydrogen (secondary N) is 1. The van der Waals surface area contributed by atoms with E-state index in [-0.39, 0.29) is 15.6 Å². The van der Waals surface area contributed by atoms with E-state index in [1.165, 1.54) is 6.08 Å². The van der Waals surface area contributed by atoms with E-state index in [0.717, 1.165) is 21.9 Å². The van der Waals surface area contributed by atoms with Crippen LogP contribution in [0.5, 0.6) is 5.75 Å². The van der Waals surface area contributed by atoms with Crippen LogP contribution in [0.3, 0.4) is 0 Å². The quantitative estimate of drug-likeness (QED) is 0.225. The molecule has 4 aromatic rings. The van der Waals surface area contributed by atoms with Gasteiger partial charge in [0, 0.05) is 5.69 Å². The number of hydrogen-bond acceptors (Lipinski definition) is 3. The molecule has 0 fully saturated rings. The molecule has 0 aromatic heterocycles. The van der Waals surface area contributed by atoms with Gasteiger partial charge in [0.15, 0.2) is 5.75 Å². The summed E-state index contributed by atoms with van der Waals surface area (Å²) >= 11 is 12.8. The number of aryl methyl sites for hydroxylation is 1. The van der Waals surface area contributed by atoms with Gasteiger partial charge in [0.05, 0.1) is 10.0 Å². The summed E-state index contributed by atoms with van der Waals surface area (Å²) in [5, 5.41) is 15.0. The Bertz CT molecular complexity index is 1410. The van der Waals surface area contributed by atoms with Gasteiger partial charge in [-0.1, -0.05) is 77.3 Å². The van der Waals surface area contributed by atoms with Gasteiger partial charge in [-0.2, -0.15) is 5.26 Å². The lowest BCUT2D eigenvalue weighted by molar-refractivity contribution is -0.112. The molecule has 1 amide bonds. The van der Waals surface area contributed by atoms with Gasteiger partial charge in [-0.05, 0) is 65.2 Å². The van der Waals surface area contributed by atoms with Crippen molar-refractivity contribution >= 4 is 51.6 Å². The third kappa shape index (κ3) is 5.58. The first-order chi connectivity index (χ1) is 16.4. The molecule has 1 N–H and O–H groups in total. The molecule has 0 aliphatic heterocycles. The number of nitrogens with zero attached hydrogens (tertiary/aromatic N) is 1. The number of ether oxygens (including phenoxy) is 1. The third-order valence-electron chi connectivity index (χ3n) is 5.20. The smallest absolute Gasteiger partial charge is 0.266 e. The Kier molecular flexibility index (Phi) is 7.18. The van der Waals surface area contributed by atoms with Crippen molar-refractivity contribution in [1.29, 1.82) is 5.26 Å². The molecule has 0 heterocycles. The van der Waals surface area contributed by atoms with Crippen molar-refractivity contribution in [1.82, 2.24) is 0 Å². The second-order valence-corrected chi connectivity index (χ2v) is 8.59. The molecule has 0 bridgehead atoms. The van der Waals surface area contributed by atoms with E-state index < -0.39 is 5.91 Å². The molecule has 6 heteroatoms. The minimum Gasteiger partial charge on any atom is -0.486 e. The molecule has 0 radical (unpaired) electrons. The van der Waals surface area contributed by atoms with Gasteiger partial charge >= 0.3 is 0 Å². The van der Waals surface area contributed by atoms with Gasteiger partial charge in [-0.3, -0.25) is 4.79 Å². The summed E-state index contributed by atoms with van der Waals surface area (Å²) in [6, 6.07) is 26.6. The summed E-state index contributed by atoms with van der Waals surface area (Å²) in [7, 11) is 0. The van der Waals surface area contributed by atoms with Crippen molar-refractivity contribution in [3.63, 3.8) is 0 Å². The molecule has 0 unspecified atom stereocenters. The summed E-state index contributed by atoms with van der Waals surface area (Å²) in [5.74, 6) is -0.175. The third-order valence-corrected chi connectivity index (χ3v) is 5.76. The lowest BCUT2D eigenvalue weighted by atomic mass is 10.1. The number of halogens is 2. The Morgan fingerprint density at radius 2 is 1.65 bits per heavy atom. The van der Waals surface area contributed by atoms with Crippen LogP contribution in [0, 0.1) is 18.3 Å². The van der Waals surface area contributed by atoms with Crippen LogP contribution in [0.1, 0.15) is 16.7 Å². The van der Waals surface area contributed by atoms with Gasteiger partial charge < -0.3 is 10.1 Å². The van der Waals surface area contributed by atoms with E-state index in [2.05, 4.69) is 17.4 Å². The van der Waals surface area contributed by atoms with Crippen molar-refractivity contribution < 1.29 is 9.53 Å². The first-order valence-electron chi connectivity index (χ1n) is 10.5. The molecular weight excluding hydrogens is 467 g/mol. The minimum absolute atomic E-state index is 0.0717. The SMILES string of the molecule is Cc1ccc(NC(=O)/C(C#N)=C/c2cc(Cl)c(OCc3ccc4ccccc4c3)c(Cl)c2)cc1. The van der Waals surface area contributed by atoms with Gasteiger partial charge in [-0.15, -0.1) is 0 Å². The summed E-state index contributed by atoms with van der Waals surface area (Å²) < 4.78 is 5.90. The van der Waals surface area contributed by atoms with Gasteiger partial charge in [0.2, 0.25) is 0 Å². The van der Waals surface area contributed by atoms with Gasteiger partial charge in [0.25, 0.3) is 5.91 Å². The average molecular weight is 487 g/mol. The van der Waals surface area contributed by atoms with Crippen molar-refractivity contribution in [2.24, 2.45) is 0 Å². The van der Waals surface area contributed by atoms with Crippen LogP contribution < -0.4 is 10.1 Å². The lowest BCUT2D eigenvalue weighted by Gasteiger charge is -2.12. The molecule has 4 rings (SSSR count). The maximum atomic E-state index is 12.5. The standard InChI is InChI=1S/C28H20Cl2N2O2/c1-18-6-10-24(11-7-18)32-28(33)23(16-31)13-20-14-25(29)27(26(30)15-20)34-17-19-8-9-21-4-2-3-5-22(21)12-19/h2-15H,17H2,1H3,(H,32,33)/b23-13+. The van der Waals surface area contributed by atoms with Crippen LogP contribution in [0.25, 0.3) is 16.8 Å². The maximum Gasteiger partial charge on any atom is 0.266 e. The second-order valence-electron chi connectivity index (χ2n) is 7.77. The number of benzene rings is 4. The fourth-order valence-corrected chi connectivity index (χ4v) is 4.05. The second kappa shape index (κ2) is 10.4. The van der Waals surface area contributed by atoms with Crippen molar-refractivity contribution in [2.75, 3.05) is 5.32 Å². The number of hydrogen-bond donors (Lipinski definition) is 1. The molecule has 0 saturated carbocycles. The fraction of sp³-hybridized carbons (Fsp3) is 0.0714. The Morgan fingerprint density at radius 1 is 0.971 bits per heavy atom. The van der Waals surface area contributed by atoms with E-state index >= 15 is 0 Å². The first-order valence-corrected chi connectivity index (χ1v) is 11.3. The molecule has 0 atom stereocenters. The van der Waals surface area contributed by atoms with Crippen LogP contribution >= 0.6 is 23.2 Å². The highest BCUT2D eigenvalue weighted by molar-refractivity contribution is 6.37. The van der Waals surface area contributed by atoms with E-state index in [1.54, 1.807) is 24.3 Å². The van der Waals surface area contributed by atoms with Crippen LogP contribution in [0.15, 0.2) is 84.4 Å². The molecule has 4 nitrogen and oxygen atoms in total. The van der Waals surface area contributed by atoms with Crippen molar-refractivity contribution in [3.05, 3.63) is 111 Å². The largest absolute Gasteiger partial charge is 0.486 e. The van der Waals surface area contributed by atoms with E-state index in [4.69, 9.17) is 27.9 Å². The number of fused-ring (bicyclic) bond motifs is 1. The molecule has 0 aliphatic rings. The summed E-state index contributed by atoms with van der Waals surface area (Å²) in [6.07, 6.45) is 1.44. The molecule has 0 saturated heterocycles. The van der Waals surface area contributed by atoms with E-state index in [1.807, 2.05) is 55.5 Å². The highest BCUT2D eigenvalue weighted by Gasteiger charge is 2.13. The summed E-state index contributed by atoms with van der Waals surface area (Å²) in [6.45, 7) is 2.25. The number of amides is 1. The zero-order chi connectivity index (χ0) is 24.1. The molecule has 168 valence electrons. The Balaban J connectivity index is 1.50. The van der Waals surface area contributed by atoms with E-state index in [0.29, 0.717) is 23.6 Å². The van der Waals surface area contributed by atoms with Gasteiger partial charge in [0.1, 0.15) is 18.2 Å². The van der Waals surface area contributed by atoms with E-state index in [9.17, 15) is 10.1 Å². The maximum absolute atomic E-state index is 12.5. The zero-order valence-corrected chi connectivity index (χ0v) is 19.8. The first kappa shape index (κ1) is 23.4. The van der Waals surface area contributed by atoms with Crippen LogP contribution in [-0.2, 0) is 11.4 Å². The number of carbonyl (C=O) groups is 1. The van der Waals surface area contributed by atoms with Crippen LogP contribution in [0.4, 0.5) is 5.69 Å². The Labute approximate surface area is 208 Å². The Hall–Kier alpha value is -3.78. The summed E-state index contributed by atoms with van der Waals surface area (Å²) in [4.78, 5) is 12.5. The monoisotopic (exact) mass is 486 g/mol.